The molecule has 0 amide bonds. The summed E-state index contributed by atoms with van der Waals surface area (Å²) in [6.07, 6.45) is -0.167. The maximum Gasteiger partial charge on any atom is 0.128 e. The maximum atomic E-state index is 13.4. The number of nitrogens with zero attached hydrogens (tertiary/aromatic N) is 1. The fourth-order valence-corrected chi connectivity index (χ4v) is 2.03. The van der Waals surface area contributed by atoms with Crippen LogP contribution in [0.1, 0.15) is 18.1 Å². The predicted octanol–water partition coefficient (Wildman–Crippen LogP) is 1.58. The lowest BCUT2D eigenvalue weighted by molar-refractivity contribution is 0.0298. The van der Waals surface area contributed by atoms with Gasteiger partial charge >= 0.3 is 0 Å². The molecule has 2 rings (SSSR count). The van der Waals surface area contributed by atoms with Gasteiger partial charge in [0.25, 0.3) is 0 Å². The van der Waals surface area contributed by atoms with E-state index in [2.05, 4.69) is 4.90 Å². The standard InChI is InChI=1S/C13H18FNO2/c14-12-4-2-1-3-11(12)13(16)5-6-15-7-9-17-10-8-15/h1-4,13,16H,5-10H2. The molecule has 3 nitrogen and oxygen atoms in total. The first kappa shape index (κ1) is 12.5. The molecule has 1 atom stereocenters. The van der Waals surface area contributed by atoms with Crippen LogP contribution in [0.15, 0.2) is 24.3 Å². The fraction of sp³-hybridized carbons (Fsp3) is 0.538. The molecule has 0 aromatic heterocycles. The van der Waals surface area contributed by atoms with E-state index < -0.39 is 6.10 Å². The molecule has 0 aliphatic carbocycles. The number of hydrogen-bond donors (Lipinski definition) is 1. The van der Waals surface area contributed by atoms with Gasteiger partial charge < -0.3 is 9.84 Å². The molecule has 1 fully saturated rings. The molecular weight excluding hydrogens is 221 g/mol. The normalized spacial score (nSPS) is 19.2. The predicted molar refractivity (Wildman–Crippen MR) is 63.2 cm³/mol. The Kier molecular flexibility index (Phi) is 4.48. The average molecular weight is 239 g/mol. The maximum absolute atomic E-state index is 13.4. The van der Waals surface area contributed by atoms with Gasteiger partial charge in [0.1, 0.15) is 5.82 Å². The van der Waals surface area contributed by atoms with Crippen molar-refractivity contribution in [3.05, 3.63) is 35.6 Å². The zero-order chi connectivity index (χ0) is 12.1. The molecule has 1 aromatic rings. The Labute approximate surface area is 101 Å². The average Bonchev–Trinajstić information content (AvgIpc) is 2.38. The molecule has 1 unspecified atom stereocenters. The van der Waals surface area contributed by atoms with Gasteiger partial charge in [-0.25, -0.2) is 4.39 Å². The second kappa shape index (κ2) is 6.10. The van der Waals surface area contributed by atoms with Crippen molar-refractivity contribution in [1.29, 1.82) is 0 Å². The van der Waals surface area contributed by atoms with Crippen molar-refractivity contribution in [3.8, 4) is 0 Å². The van der Waals surface area contributed by atoms with Crippen LogP contribution in [0.4, 0.5) is 4.39 Å². The summed E-state index contributed by atoms with van der Waals surface area (Å²) in [5, 5.41) is 9.93. The molecule has 1 aliphatic rings. The van der Waals surface area contributed by atoms with E-state index in [4.69, 9.17) is 4.74 Å². The number of benzene rings is 1. The van der Waals surface area contributed by atoms with Crippen molar-refractivity contribution in [1.82, 2.24) is 4.90 Å². The Hall–Kier alpha value is -0.970. The third-order valence-electron chi connectivity index (χ3n) is 3.09. The van der Waals surface area contributed by atoms with Gasteiger partial charge in [0.2, 0.25) is 0 Å². The van der Waals surface area contributed by atoms with Crippen molar-refractivity contribution in [2.24, 2.45) is 0 Å². The molecule has 1 saturated heterocycles. The largest absolute Gasteiger partial charge is 0.388 e. The Morgan fingerprint density at radius 1 is 1.29 bits per heavy atom. The van der Waals surface area contributed by atoms with E-state index >= 15 is 0 Å². The van der Waals surface area contributed by atoms with Crippen molar-refractivity contribution in [2.75, 3.05) is 32.8 Å². The van der Waals surface area contributed by atoms with Gasteiger partial charge in [-0.2, -0.15) is 0 Å². The van der Waals surface area contributed by atoms with Crippen LogP contribution in [-0.2, 0) is 4.74 Å². The van der Waals surface area contributed by atoms with E-state index in [1.54, 1.807) is 18.2 Å². The minimum absolute atomic E-state index is 0.332. The first-order valence-corrected chi connectivity index (χ1v) is 6.00. The number of halogens is 1. The summed E-state index contributed by atoms with van der Waals surface area (Å²) in [5.41, 5.74) is 0.390. The molecule has 0 radical (unpaired) electrons. The van der Waals surface area contributed by atoms with E-state index in [1.807, 2.05) is 0 Å². The van der Waals surface area contributed by atoms with E-state index in [0.717, 1.165) is 32.8 Å². The van der Waals surface area contributed by atoms with Gasteiger partial charge in [-0.3, -0.25) is 4.90 Å². The van der Waals surface area contributed by atoms with Crippen LogP contribution in [0.3, 0.4) is 0 Å². The lowest BCUT2D eigenvalue weighted by atomic mass is 10.1. The van der Waals surface area contributed by atoms with E-state index in [9.17, 15) is 9.50 Å². The number of hydrogen-bond acceptors (Lipinski definition) is 3. The summed E-state index contributed by atoms with van der Waals surface area (Å²) in [6.45, 7) is 4.05. The summed E-state index contributed by atoms with van der Waals surface area (Å²) in [5.74, 6) is -0.332. The highest BCUT2D eigenvalue weighted by Crippen LogP contribution is 2.20. The fourth-order valence-electron chi connectivity index (χ4n) is 2.03. The molecular formula is C13H18FNO2. The van der Waals surface area contributed by atoms with E-state index in [1.165, 1.54) is 6.07 Å². The molecule has 0 spiro atoms. The van der Waals surface area contributed by atoms with Crippen LogP contribution in [0, 0.1) is 5.82 Å². The quantitative estimate of drug-likeness (QED) is 0.866. The lowest BCUT2D eigenvalue weighted by Crippen LogP contribution is -2.37. The number of rotatable bonds is 4. The smallest absolute Gasteiger partial charge is 0.128 e. The molecule has 1 aliphatic heterocycles. The van der Waals surface area contributed by atoms with Crippen molar-refractivity contribution < 1.29 is 14.2 Å². The van der Waals surface area contributed by atoms with Crippen molar-refractivity contribution in [3.63, 3.8) is 0 Å². The van der Waals surface area contributed by atoms with Crippen LogP contribution < -0.4 is 0 Å². The lowest BCUT2D eigenvalue weighted by Gasteiger charge is -2.27. The van der Waals surface area contributed by atoms with Gasteiger partial charge in [-0.15, -0.1) is 0 Å². The van der Waals surface area contributed by atoms with Gasteiger partial charge in [0.15, 0.2) is 0 Å². The summed E-state index contributed by atoms with van der Waals surface area (Å²) in [4.78, 5) is 2.23. The Morgan fingerprint density at radius 2 is 2.00 bits per heavy atom. The zero-order valence-electron chi connectivity index (χ0n) is 9.81. The highest BCUT2D eigenvalue weighted by atomic mass is 19.1. The molecule has 17 heavy (non-hydrogen) atoms. The first-order chi connectivity index (χ1) is 8.27. The Morgan fingerprint density at radius 3 is 2.71 bits per heavy atom. The molecule has 0 bridgehead atoms. The highest BCUT2D eigenvalue weighted by molar-refractivity contribution is 5.19. The van der Waals surface area contributed by atoms with Crippen LogP contribution >= 0.6 is 0 Å². The number of ether oxygens (including phenoxy) is 1. The molecule has 4 heteroatoms. The number of aliphatic hydroxyl groups is 1. The van der Waals surface area contributed by atoms with Crippen LogP contribution in [0.2, 0.25) is 0 Å². The SMILES string of the molecule is OC(CCN1CCOCC1)c1ccccc1F. The first-order valence-electron chi connectivity index (χ1n) is 6.00. The third kappa shape index (κ3) is 3.49. The molecule has 1 heterocycles. The Balaban J connectivity index is 1.84. The van der Waals surface area contributed by atoms with Crippen molar-refractivity contribution in [2.45, 2.75) is 12.5 Å². The highest BCUT2D eigenvalue weighted by Gasteiger charge is 2.15. The Bertz CT molecular complexity index is 353. The molecule has 1 aromatic carbocycles. The van der Waals surface area contributed by atoms with Gasteiger partial charge in [0.05, 0.1) is 19.3 Å². The molecule has 94 valence electrons. The molecule has 1 N–H and O–H groups in total. The van der Waals surface area contributed by atoms with Gasteiger partial charge in [-0.05, 0) is 12.5 Å². The van der Waals surface area contributed by atoms with E-state index in [-0.39, 0.29) is 5.82 Å². The zero-order valence-corrected chi connectivity index (χ0v) is 9.81. The van der Waals surface area contributed by atoms with Gasteiger partial charge in [0, 0.05) is 25.2 Å². The minimum atomic E-state index is -0.723. The second-order valence-corrected chi connectivity index (χ2v) is 4.28. The minimum Gasteiger partial charge on any atom is -0.388 e. The van der Waals surface area contributed by atoms with Crippen LogP contribution in [0.5, 0.6) is 0 Å². The summed E-state index contributed by atoms with van der Waals surface area (Å²) < 4.78 is 18.7. The topological polar surface area (TPSA) is 32.7 Å². The molecule has 0 saturated carbocycles. The van der Waals surface area contributed by atoms with E-state index in [0.29, 0.717) is 12.0 Å². The third-order valence-corrected chi connectivity index (χ3v) is 3.09. The number of aliphatic hydroxyl groups excluding tert-OH is 1. The van der Waals surface area contributed by atoms with Gasteiger partial charge in [-0.1, -0.05) is 18.2 Å². The monoisotopic (exact) mass is 239 g/mol. The summed E-state index contributed by atoms with van der Waals surface area (Å²) in [7, 11) is 0. The summed E-state index contributed by atoms with van der Waals surface area (Å²) in [6, 6.07) is 6.40. The summed E-state index contributed by atoms with van der Waals surface area (Å²) >= 11 is 0. The number of morpholine rings is 1. The van der Waals surface area contributed by atoms with Crippen LogP contribution in [-0.4, -0.2) is 42.9 Å². The van der Waals surface area contributed by atoms with Crippen molar-refractivity contribution >= 4 is 0 Å². The van der Waals surface area contributed by atoms with Crippen LogP contribution in [0.25, 0.3) is 0 Å². The second-order valence-electron chi connectivity index (χ2n) is 4.28.